The molecule has 1 N–H and O–H groups in total. The van der Waals surface area contributed by atoms with E-state index in [2.05, 4.69) is 10.2 Å². The molecule has 0 radical (unpaired) electrons. The monoisotopic (exact) mass is 298 g/mol. The van der Waals surface area contributed by atoms with Gasteiger partial charge < -0.3 is 19.5 Å². The topological polar surface area (TPSA) is 43.0 Å². The Hall–Kier alpha value is -1.53. The van der Waals surface area contributed by atoms with E-state index >= 15 is 0 Å². The highest BCUT2D eigenvalue weighted by Gasteiger charge is 2.26. The van der Waals surface area contributed by atoms with Gasteiger partial charge in [-0.3, -0.25) is 4.90 Å². The second-order valence-electron chi connectivity index (χ2n) is 4.91. The summed E-state index contributed by atoms with van der Waals surface area (Å²) in [6, 6.07) is 3.23. The average molecular weight is 298 g/mol. The van der Waals surface area contributed by atoms with E-state index in [-0.39, 0.29) is 6.04 Å². The largest absolute Gasteiger partial charge is 0.496 e. The van der Waals surface area contributed by atoms with Gasteiger partial charge in [-0.25, -0.2) is 4.39 Å². The molecule has 1 aromatic rings. The highest BCUT2D eigenvalue weighted by atomic mass is 19.1. The van der Waals surface area contributed by atoms with Crippen molar-refractivity contribution in [3.63, 3.8) is 0 Å². The fourth-order valence-electron chi connectivity index (χ4n) is 2.68. The Balaban J connectivity index is 2.38. The molecule has 6 heteroatoms. The van der Waals surface area contributed by atoms with E-state index in [1.54, 1.807) is 27.4 Å². The third kappa shape index (κ3) is 3.39. The van der Waals surface area contributed by atoms with Gasteiger partial charge in [-0.1, -0.05) is 0 Å². The Bertz CT molecular complexity index is 464. The molecular formula is C15H23FN2O3. The van der Waals surface area contributed by atoms with Crippen LogP contribution in [0.4, 0.5) is 4.39 Å². The van der Waals surface area contributed by atoms with Crippen LogP contribution < -0.4 is 19.5 Å². The fourth-order valence-corrected chi connectivity index (χ4v) is 2.68. The maximum absolute atomic E-state index is 13.7. The molecule has 0 unspecified atom stereocenters. The van der Waals surface area contributed by atoms with Crippen LogP contribution in [0.5, 0.6) is 17.2 Å². The molecule has 0 bridgehead atoms. The molecule has 1 fully saturated rings. The van der Waals surface area contributed by atoms with Gasteiger partial charge in [0.1, 0.15) is 12.4 Å². The van der Waals surface area contributed by atoms with Gasteiger partial charge in [0.05, 0.1) is 27.4 Å². The molecule has 1 aromatic carbocycles. The number of nitrogens with one attached hydrogen (secondary N) is 1. The summed E-state index contributed by atoms with van der Waals surface area (Å²) in [4.78, 5) is 2.13. The number of benzene rings is 1. The van der Waals surface area contributed by atoms with Crippen LogP contribution in [0, 0.1) is 0 Å². The molecule has 0 aromatic heterocycles. The quantitative estimate of drug-likeness (QED) is 0.864. The first-order chi connectivity index (χ1) is 10.2. The number of nitrogens with zero attached hydrogens (tertiary/aromatic N) is 1. The maximum Gasteiger partial charge on any atom is 0.164 e. The number of piperazine rings is 1. The lowest BCUT2D eigenvalue weighted by Crippen LogP contribution is -2.45. The molecular weight excluding hydrogens is 275 g/mol. The summed E-state index contributed by atoms with van der Waals surface area (Å²) in [6.07, 6.45) is 0. The predicted octanol–water partition coefficient (Wildman–Crippen LogP) is 1.63. The second-order valence-corrected chi connectivity index (χ2v) is 4.91. The minimum absolute atomic E-state index is 0.332. The van der Waals surface area contributed by atoms with Crippen LogP contribution in [0.3, 0.4) is 0 Å². The number of ether oxygens (including phenoxy) is 3. The minimum Gasteiger partial charge on any atom is -0.496 e. The molecule has 1 aliphatic rings. The van der Waals surface area contributed by atoms with Crippen molar-refractivity contribution in [2.24, 2.45) is 0 Å². The second kappa shape index (κ2) is 7.47. The summed E-state index contributed by atoms with van der Waals surface area (Å²) in [5, 5.41) is 3.27. The molecule has 21 heavy (non-hydrogen) atoms. The molecule has 0 saturated carbocycles. The first kappa shape index (κ1) is 15.9. The van der Waals surface area contributed by atoms with Crippen LogP contribution in [-0.2, 0) is 0 Å². The van der Waals surface area contributed by atoms with E-state index in [9.17, 15) is 4.39 Å². The first-order valence-electron chi connectivity index (χ1n) is 7.05. The van der Waals surface area contributed by atoms with Gasteiger partial charge in [0.15, 0.2) is 11.5 Å². The zero-order valence-electron chi connectivity index (χ0n) is 12.8. The van der Waals surface area contributed by atoms with Crippen molar-refractivity contribution >= 4 is 0 Å². The van der Waals surface area contributed by atoms with E-state index in [0.717, 1.165) is 31.7 Å². The van der Waals surface area contributed by atoms with Crippen molar-refractivity contribution in [1.29, 1.82) is 0 Å². The lowest BCUT2D eigenvalue weighted by atomic mass is 10.0. The van der Waals surface area contributed by atoms with Crippen molar-refractivity contribution < 1.29 is 18.6 Å². The first-order valence-corrected chi connectivity index (χ1v) is 7.05. The molecule has 0 aliphatic carbocycles. The number of alkyl halides is 1. The molecule has 118 valence electrons. The lowest BCUT2D eigenvalue weighted by molar-refractivity contribution is 0.144. The molecule has 1 atom stereocenters. The van der Waals surface area contributed by atoms with Gasteiger partial charge in [0.2, 0.25) is 0 Å². The van der Waals surface area contributed by atoms with Crippen LogP contribution in [0.1, 0.15) is 11.6 Å². The lowest BCUT2D eigenvalue weighted by Gasteiger charge is -2.34. The van der Waals surface area contributed by atoms with Gasteiger partial charge in [-0.2, -0.15) is 0 Å². The van der Waals surface area contributed by atoms with Gasteiger partial charge >= 0.3 is 0 Å². The van der Waals surface area contributed by atoms with Gasteiger partial charge in [-0.15, -0.1) is 0 Å². The van der Waals surface area contributed by atoms with Crippen LogP contribution in [0.15, 0.2) is 12.1 Å². The number of hydrogen-bond donors (Lipinski definition) is 1. The zero-order valence-corrected chi connectivity index (χ0v) is 12.8. The summed E-state index contributed by atoms with van der Waals surface area (Å²) < 4.78 is 29.7. The van der Waals surface area contributed by atoms with Gasteiger partial charge in [-0.05, 0) is 6.07 Å². The van der Waals surface area contributed by atoms with E-state index in [4.69, 9.17) is 14.2 Å². The fraction of sp³-hybridized carbons (Fsp3) is 0.600. The molecule has 2 rings (SSSR count). The van der Waals surface area contributed by atoms with Crippen molar-refractivity contribution in [3.8, 4) is 17.2 Å². The predicted molar refractivity (Wildman–Crippen MR) is 79.3 cm³/mol. The normalized spacial score (nSPS) is 17.3. The average Bonchev–Trinajstić information content (AvgIpc) is 2.56. The Morgan fingerprint density at radius 1 is 1.05 bits per heavy atom. The smallest absolute Gasteiger partial charge is 0.164 e. The summed E-state index contributed by atoms with van der Waals surface area (Å²) in [5.74, 6) is 1.78. The summed E-state index contributed by atoms with van der Waals surface area (Å²) in [6.45, 7) is 2.89. The number of rotatable bonds is 6. The number of halogens is 1. The summed E-state index contributed by atoms with van der Waals surface area (Å²) in [7, 11) is 4.72. The zero-order chi connectivity index (χ0) is 15.2. The van der Waals surface area contributed by atoms with Crippen molar-refractivity contribution in [3.05, 3.63) is 17.7 Å². The summed E-state index contributed by atoms with van der Waals surface area (Å²) >= 11 is 0. The standard InChI is InChI=1S/C15H23FN2O3/c1-19-13-9-15(21-3)14(20-2)8-11(13)12(10-16)18-6-4-17-5-7-18/h8-9,12,17H,4-7,10H2,1-3H3/t12-/m0/s1. The van der Waals surface area contributed by atoms with E-state index in [1.165, 1.54) is 0 Å². The third-order valence-electron chi connectivity index (χ3n) is 3.83. The highest BCUT2D eigenvalue weighted by molar-refractivity contribution is 5.52. The van der Waals surface area contributed by atoms with Gasteiger partial charge in [0.25, 0.3) is 0 Å². The molecule has 5 nitrogen and oxygen atoms in total. The molecule has 1 aliphatic heterocycles. The Morgan fingerprint density at radius 3 is 2.14 bits per heavy atom. The molecule has 0 spiro atoms. The van der Waals surface area contributed by atoms with E-state index in [0.29, 0.717) is 17.2 Å². The molecule has 0 amide bonds. The van der Waals surface area contributed by atoms with Crippen LogP contribution in [-0.4, -0.2) is 59.1 Å². The Morgan fingerprint density at radius 2 is 1.62 bits per heavy atom. The molecule has 1 saturated heterocycles. The molecule has 1 heterocycles. The summed E-state index contributed by atoms with van der Waals surface area (Å²) in [5.41, 5.74) is 0.791. The number of hydrogen-bond acceptors (Lipinski definition) is 5. The van der Waals surface area contributed by atoms with Crippen LogP contribution in [0.2, 0.25) is 0 Å². The third-order valence-corrected chi connectivity index (χ3v) is 3.83. The van der Waals surface area contributed by atoms with Crippen molar-refractivity contribution in [1.82, 2.24) is 10.2 Å². The Labute approximate surface area is 125 Å². The Kier molecular flexibility index (Phi) is 5.64. The highest BCUT2D eigenvalue weighted by Crippen LogP contribution is 2.39. The van der Waals surface area contributed by atoms with Crippen LogP contribution in [0.25, 0.3) is 0 Å². The maximum atomic E-state index is 13.7. The van der Waals surface area contributed by atoms with Gasteiger partial charge in [0, 0.05) is 37.8 Å². The minimum atomic E-state index is -0.466. The van der Waals surface area contributed by atoms with Crippen molar-refractivity contribution in [2.75, 3.05) is 54.2 Å². The number of methoxy groups -OCH3 is 3. The SMILES string of the molecule is COc1cc(OC)c([C@H](CF)N2CCNCC2)cc1OC. The van der Waals surface area contributed by atoms with E-state index < -0.39 is 6.67 Å². The van der Waals surface area contributed by atoms with E-state index in [1.807, 2.05) is 6.07 Å². The van der Waals surface area contributed by atoms with Crippen LogP contribution >= 0.6 is 0 Å². The van der Waals surface area contributed by atoms with Crippen molar-refractivity contribution in [2.45, 2.75) is 6.04 Å².